The van der Waals surface area contributed by atoms with Crippen LogP contribution in [0, 0.1) is 11.3 Å². The number of hydrogen-bond donors (Lipinski definition) is 0. The molecule has 7 heteroatoms. The lowest BCUT2D eigenvalue weighted by Gasteiger charge is -2.18. The van der Waals surface area contributed by atoms with E-state index in [1.807, 2.05) is 6.07 Å². The number of carbonyl (C=O) groups is 1. The van der Waals surface area contributed by atoms with Gasteiger partial charge in [-0.3, -0.25) is 4.79 Å². The number of rotatable bonds is 8. The van der Waals surface area contributed by atoms with Crippen LogP contribution in [0.3, 0.4) is 0 Å². The lowest BCUT2D eigenvalue weighted by molar-refractivity contribution is -0.132. The lowest BCUT2D eigenvalue weighted by Crippen LogP contribution is -2.34. The van der Waals surface area contributed by atoms with Gasteiger partial charge in [0.25, 0.3) is 5.91 Å². The number of nitriles is 1. The Hall–Kier alpha value is -2.91. The molecule has 6 nitrogen and oxygen atoms in total. The quantitative estimate of drug-likeness (QED) is 0.709. The van der Waals surface area contributed by atoms with Crippen LogP contribution in [0.1, 0.15) is 5.56 Å². The summed E-state index contributed by atoms with van der Waals surface area (Å²) in [5.41, 5.74) is 0.454. The predicted octanol–water partition coefficient (Wildman–Crippen LogP) is 3.14. The second-order valence-corrected chi connectivity index (χ2v) is 5.82. The highest BCUT2D eigenvalue weighted by Gasteiger charge is 2.12. The third-order valence-electron chi connectivity index (χ3n) is 3.56. The molecular weight excluding hydrogens is 356 g/mol. The van der Waals surface area contributed by atoms with E-state index in [1.54, 1.807) is 49.5 Å². The highest BCUT2D eigenvalue weighted by atomic mass is 35.5. The van der Waals surface area contributed by atoms with Crippen LogP contribution in [0.2, 0.25) is 5.02 Å². The molecule has 0 aliphatic rings. The molecule has 0 spiro atoms. The summed E-state index contributed by atoms with van der Waals surface area (Å²) in [5.74, 6) is 1.26. The average molecular weight is 375 g/mol. The largest absolute Gasteiger partial charge is 0.493 e. The zero-order chi connectivity index (χ0) is 18.9. The van der Waals surface area contributed by atoms with Crippen molar-refractivity contribution >= 4 is 17.5 Å². The first-order valence-electron chi connectivity index (χ1n) is 7.86. The number of amides is 1. The molecule has 0 aliphatic carbocycles. The summed E-state index contributed by atoms with van der Waals surface area (Å²) in [4.78, 5) is 13.7. The minimum Gasteiger partial charge on any atom is -0.493 e. The van der Waals surface area contributed by atoms with Crippen molar-refractivity contribution in [3.8, 4) is 23.3 Å². The Kier molecular flexibility index (Phi) is 7.12. The monoisotopic (exact) mass is 374 g/mol. The molecular formula is C19H19ClN2O4. The maximum Gasteiger partial charge on any atom is 0.260 e. The third-order valence-corrected chi connectivity index (χ3v) is 3.80. The molecule has 2 rings (SSSR count). The predicted molar refractivity (Wildman–Crippen MR) is 97.8 cm³/mol. The van der Waals surface area contributed by atoms with Crippen molar-refractivity contribution in [1.29, 1.82) is 5.26 Å². The van der Waals surface area contributed by atoms with Crippen molar-refractivity contribution in [3.63, 3.8) is 0 Å². The smallest absolute Gasteiger partial charge is 0.260 e. The molecule has 26 heavy (non-hydrogen) atoms. The summed E-state index contributed by atoms with van der Waals surface area (Å²) < 4.78 is 16.2. The number of benzene rings is 2. The van der Waals surface area contributed by atoms with E-state index in [1.165, 1.54) is 12.0 Å². The summed E-state index contributed by atoms with van der Waals surface area (Å²) in [6.45, 7) is 0.595. The maximum atomic E-state index is 12.2. The van der Waals surface area contributed by atoms with E-state index < -0.39 is 0 Å². The number of likely N-dealkylation sites (N-methyl/N-ethyl adjacent to an activating group) is 1. The molecule has 0 N–H and O–H groups in total. The Labute approximate surface area is 157 Å². The van der Waals surface area contributed by atoms with Crippen molar-refractivity contribution in [2.45, 2.75) is 0 Å². The van der Waals surface area contributed by atoms with Gasteiger partial charge in [0.1, 0.15) is 12.4 Å². The summed E-state index contributed by atoms with van der Waals surface area (Å²) in [6, 6.07) is 13.9. The molecule has 2 aromatic carbocycles. The van der Waals surface area contributed by atoms with Crippen LogP contribution in [-0.2, 0) is 4.79 Å². The van der Waals surface area contributed by atoms with E-state index in [0.29, 0.717) is 41.0 Å². The van der Waals surface area contributed by atoms with Gasteiger partial charge in [0.05, 0.1) is 25.3 Å². The first-order chi connectivity index (χ1) is 12.5. The minimum atomic E-state index is -0.203. The Morgan fingerprint density at radius 2 is 2.00 bits per heavy atom. The molecule has 0 heterocycles. The van der Waals surface area contributed by atoms with Crippen molar-refractivity contribution in [1.82, 2.24) is 4.90 Å². The van der Waals surface area contributed by atoms with Gasteiger partial charge in [-0.15, -0.1) is 0 Å². The van der Waals surface area contributed by atoms with E-state index in [2.05, 4.69) is 0 Å². The van der Waals surface area contributed by atoms with Gasteiger partial charge in [-0.05, 0) is 30.3 Å². The summed E-state index contributed by atoms with van der Waals surface area (Å²) >= 11 is 5.89. The summed E-state index contributed by atoms with van der Waals surface area (Å²) in [5, 5.41) is 9.49. The molecule has 0 unspecified atom stereocenters. The molecule has 0 atom stereocenters. The molecule has 0 saturated heterocycles. The van der Waals surface area contributed by atoms with Crippen molar-refractivity contribution in [2.75, 3.05) is 33.9 Å². The zero-order valence-corrected chi connectivity index (χ0v) is 15.3. The van der Waals surface area contributed by atoms with Crippen LogP contribution >= 0.6 is 11.6 Å². The van der Waals surface area contributed by atoms with Gasteiger partial charge in [0.15, 0.2) is 18.1 Å². The fourth-order valence-electron chi connectivity index (χ4n) is 2.09. The van der Waals surface area contributed by atoms with E-state index in [4.69, 9.17) is 31.1 Å². The van der Waals surface area contributed by atoms with Gasteiger partial charge < -0.3 is 19.1 Å². The van der Waals surface area contributed by atoms with Gasteiger partial charge in [-0.25, -0.2) is 0 Å². The third kappa shape index (κ3) is 5.57. The fraction of sp³-hybridized carbons (Fsp3) is 0.263. The molecule has 1 amide bonds. The molecule has 0 bridgehead atoms. The van der Waals surface area contributed by atoms with Crippen LogP contribution in [0.4, 0.5) is 0 Å². The number of hydrogen-bond acceptors (Lipinski definition) is 5. The van der Waals surface area contributed by atoms with Crippen LogP contribution in [-0.4, -0.2) is 44.7 Å². The Morgan fingerprint density at radius 3 is 2.69 bits per heavy atom. The van der Waals surface area contributed by atoms with Gasteiger partial charge in [0, 0.05) is 18.1 Å². The molecule has 0 aromatic heterocycles. The van der Waals surface area contributed by atoms with E-state index in [-0.39, 0.29) is 12.5 Å². The second-order valence-electron chi connectivity index (χ2n) is 5.39. The Bertz CT molecular complexity index is 804. The summed E-state index contributed by atoms with van der Waals surface area (Å²) in [7, 11) is 3.15. The van der Waals surface area contributed by atoms with Crippen LogP contribution in [0.25, 0.3) is 0 Å². The van der Waals surface area contributed by atoms with Crippen molar-refractivity contribution in [3.05, 3.63) is 53.1 Å². The average Bonchev–Trinajstić information content (AvgIpc) is 2.65. The highest BCUT2D eigenvalue weighted by Crippen LogP contribution is 2.27. The molecule has 0 radical (unpaired) electrons. The SMILES string of the molecule is COc1cc(C#N)ccc1OCC(=O)N(C)CCOc1cccc(Cl)c1. The normalized spacial score (nSPS) is 9.92. The number of halogens is 1. The highest BCUT2D eigenvalue weighted by molar-refractivity contribution is 6.30. The van der Waals surface area contributed by atoms with Crippen LogP contribution in [0.15, 0.2) is 42.5 Å². The van der Waals surface area contributed by atoms with E-state index >= 15 is 0 Å². The van der Waals surface area contributed by atoms with Gasteiger partial charge >= 0.3 is 0 Å². The Balaban J connectivity index is 1.81. The van der Waals surface area contributed by atoms with Crippen molar-refractivity contribution < 1.29 is 19.0 Å². The van der Waals surface area contributed by atoms with E-state index in [0.717, 1.165) is 0 Å². The Morgan fingerprint density at radius 1 is 1.19 bits per heavy atom. The minimum absolute atomic E-state index is 0.143. The first-order valence-corrected chi connectivity index (χ1v) is 8.24. The molecule has 136 valence electrons. The number of carbonyl (C=O) groups excluding carboxylic acids is 1. The van der Waals surface area contributed by atoms with Crippen molar-refractivity contribution in [2.24, 2.45) is 0 Å². The molecule has 0 aliphatic heterocycles. The zero-order valence-electron chi connectivity index (χ0n) is 14.6. The van der Waals surface area contributed by atoms with Gasteiger partial charge in [-0.2, -0.15) is 5.26 Å². The standard InChI is InChI=1S/C19H19ClN2O4/c1-22(8-9-25-16-5-3-4-15(20)11-16)19(23)13-26-17-7-6-14(12-21)10-18(17)24-2/h3-7,10-11H,8-9,13H2,1-2H3. The number of ether oxygens (including phenoxy) is 3. The molecule has 0 saturated carbocycles. The first kappa shape index (κ1) is 19.4. The van der Waals surface area contributed by atoms with Crippen LogP contribution in [0.5, 0.6) is 17.2 Å². The topological polar surface area (TPSA) is 71.8 Å². The number of methoxy groups -OCH3 is 1. The van der Waals surface area contributed by atoms with Crippen LogP contribution < -0.4 is 14.2 Å². The number of nitrogens with zero attached hydrogens (tertiary/aromatic N) is 2. The molecule has 0 fully saturated rings. The molecule has 2 aromatic rings. The van der Waals surface area contributed by atoms with Gasteiger partial charge in [-0.1, -0.05) is 17.7 Å². The van der Waals surface area contributed by atoms with E-state index in [9.17, 15) is 4.79 Å². The second kappa shape index (κ2) is 9.54. The fourth-order valence-corrected chi connectivity index (χ4v) is 2.27. The lowest BCUT2D eigenvalue weighted by atomic mass is 10.2. The maximum absolute atomic E-state index is 12.2. The summed E-state index contributed by atoms with van der Waals surface area (Å²) in [6.07, 6.45) is 0. The van der Waals surface area contributed by atoms with Gasteiger partial charge in [0.2, 0.25) is 0 Å².